The summed E-state index contributed by atoms with van der Waals surface area (Å²) >= 11 is 6.19. The lowest BCUT2D eigenvalue weighted by atomic mass is 10.1. The van der Waals surface area contributed by atoms with Crippen molar-refractivity contribution in [2.75, 3.05) is 10.5 Å². The molecule has 0 unspecified atom stereocenters. The Bertz CT molecular complexity index is 1470. The maximum Gasteiger partial charge on any atom is 0.263 e. The highest BCUT2D eigenvalue weighted by Crippen LogP contribution is 2.35. The number of fused-ring (bicyclic) bond motifs is 1. The Morgan fingerprint density at radius 3 is 2.69 bits per heavy atom. The van der Waals surface area contributed by atoms with E-state index in [4.69, 9.17) is 17.3 Å². The first-order valence-corrected chi connectivity index (χ1v) is 11.3. The zero-order valence-corrected chi connectivity index (χ0v) is 18.7. The Morgan fingerprint density at radius 1 is 1.22 bits per heavy atom. The van der Waals surface area contributed by atoms with Crippen LogP contribution in [-0.2, 0) is 23.7 Å². The number of aromatic nitrogens is 3. The van der Waals surface area contributed by atoms with E-state index in [2.05, 4.69) is 14.7 Å². The van der Waals surface area contributed by atoms with Crippen LogP contribution in [0.5, 0.6) is 0 Å². The van der Waals surface area contributed by atoms with E-state index in [0.29, 0.717) is 27.7 Å². The van der Waals surface area contributed by atoms with E-state index in [9.17, 15) is 17.9 Å². The van der Waals surface area contributed by atoms with Crippen LogP contribution in [0.1, 0.15) is 11.1 Å². The number of aliphatic hydroxyl groups excluding tert-OH is 1. The Hall–Kier alpha value is -3.21. The second-order valence-corrected chi connectivity index (χ2v) is 9.37. The maximum atomic E-state index is 14.5. The number of sulfonamides is 1. The lowest BCUT2D eigenvalue weighted by Gasteiger charge is -2.13. The standard InChI is InChI=1S/C21H19ClFN5O3S/c1-11-3-13(9-29)19(22)17(4-11)32(30,31)27-15-6-12(5-14(23)7-15)16-8-28(2)21-18(16)20(24)25-10-26-21/h3-8,10,27,29H,9H2,1-2H3,(H2,24,25,26). The third kappa shape index (κ3) is 3.88. The molecule has 0 saturated heterocycles. The van der Waals surface area contributed by atoms with Gasteiger partial charge < -0.3 is 15.4 Å². The Balaban J connectivity index is 1.81. The Morgan fingerprint density at radius 2 is 1.97 bits per heavy atom. The molecular weight excluding hydrogens is 457 g/mol. The highest BCUT2D eigenvalue weighted by Gasteiger charge is 2.22. The molecule has 4 aromatic rings. The van der Waals surface area contributed by atoms with Gasteiger partial charge in [-0.15, -0.1) is 0 Å². The summed E-state index contributed by atoms with van der Waals surface area (Å²) in [7, 11) is -2.41. The molecule has 0 saturated carbocycles. The topological polar surface area (TPSA) is 123 Å². The van der Waals surface area contributed by atoms with Gasteiger partial charge in [0, 0.05) is 18.8 Å². The molecule has 2 aromatic carbocycles. The van der Waals surface area contributed by atoms with E-state index in [1.165, 1.54) is 24.5 Å². The van der Waals surface area contributed by atoms with Crippen molar-refractivity contribution in [1.82, 2.24) is 14.5 Å². The van der Waals surface area contributed by atoms with Gasteiger partial charge in [-0.25, -0.2) is 22.8 Å². The number of rotatable bonds is 5. The monoisotopic (exact) mass is 475 g/mol. The molecule has 0 aliphatic rings. The van der Waals surface area contributed by atoms with Gasteiger partial charge in [-0.3, -0.25) is 4.72 Å². The smallest absolute Gasteiger partial charge is 0.263 e. The molecule has 0 fully saturated rings. The van der Waals surface area contributed by atoms with Gasteiger partial charge in [0.05, 0.1) is 22.7 Å². The third-order valence-electron chi connectivity index (χ3n) is 4.96. The van der Waals surface area contributed by atoms with E-state index < -0.39 is 22.4 Å². The molecule has 4 N–H and O–H groups in total. The van der Waals surface area contributed by atoms with Gasteiger partial charge in [-0.2, -0.15) is 0 Å². The van der Waals surface area contributed by atoms with Gasteiger partial charge >= 0.3 is 0 Å². The van der Waals surface area contributed by atoms with Crippen LogP contribution in [0.2, 0.25) is 5.02 Å². The molecule has 0 atom stereocenters. The lowest BCUT2D eigenvalue weighted by Crippen LogP contribution is -2.14. The summed E-state index contributed by atoms with van der Waals surface area (Å²) in [6, 6.07) is 6.78. The number of hydrogen-bond donors (Lipinski definition) is 3. The molecule has 2 aromatic heterocycles. The molecule has 166 valence electrons. The van der Waals surface area contributed by atoms with Gasteiger partial charge in [0.15, 0.2) is 0 Å². The Kier molecular flexibility index (Phi) is 5.53. The minimum atomic E-state index is -4.17. The van der Waals surface area contributed by atoms with Crippen LogP contribution in [0.4, 0.5) is 15.9 Å². The summed E-state index contributed by atoms with van der Waals surface area (Å²) < 4.78 is 44.6. The van der Waals surface area contributed by atoms with Crippen molar-refractivity contribution in [2.45, 2.75) is 18.4 Å². The summed E-state index contributed by atoms with van der Waals surface area (Å²) in [5.74, 6) is -0.431. The molecule has 0 aliphatic heterocycles. The first kappa shape index (κ1) is 22.0. The number of nitrogens with two attached hydrogens (primary N) is 1. The molecule has 0 radical (unpaired) electrons. The summed E-state index contributed by atoms with van der Waals surface area (Å²) in [4.78, 5) is 7.98. The molecule has 2 heterocycles. The van der Waals surface area contributed by atoms with Gasteiger partial charge in [0.1, 0.15) is 28.5 Å². The molecule has 32 heavy (non-hydrogen) atoms. The number of aliphatic hydroxyl groups is 1. The fourth-order valence-corrected chi connectivity index (χ4v) is 5.31. The maximum absolute atomic E-state index is 14.5. The van der Waals surface area contributed by atoms with Crippen LogP contribution in [0, 0.1) is 12.7 Å². The number of nitrogens with zero attached hydrogens (tertiary/aromatic N) is 3. The lowest BCUT2D eigenvalue weighted by molar-refractivity contribution is 0.281. The summed E-state index contributed by atoms with van der Waals surface area (Å²) in [5, 5.41) is 9.90. The predicted octanol–water partition coefficient (Wildman–Crippen LogP) is 3.61. The number of aryl methyl sites for hydroxylation is 2. The second-order valence-electron chi connectivity index (χ2n) is 7.34. The van der Waals surface area contributed by atoms with E-state index in [-0.39, 0.29) is 27.0 Å². The van der Waals surface area contributed by atoms with Gasteiger partial charge in [-0.05, 0) is 47.9 Å². The number of nitrogens with one attached hydrogen (secondary N) is 1. The SMILES string of the molecule is Cc1cc(CO)c(Cl)c(S(=O)(=O)Nc2cc(F)cc(-c3cn(C)c4ncnc(N)c34)c2)c1. The minimum Gasteiger partial charge on any atom is -0.392 e. The first-order valence-electron chi connectivity index (χ1n) is 9.40. The van der Waals surface area contributed by atoms with Crippen molar-refractivity contribution in [3.8, 4) is 11.1 Å². The molecular formula is C21H19ClFN5O3S. The average Bonchev–Trinajstić information content (AvgIpc) is 3.06. The van der Waals surface area contributed by atoms with Crippen molar-refractivity contribution in [2.24, 2.45) is 7.05 Å². The molecule has 0 bridgehead atoms. The minimum absolute atomic E-state index is 0.00412. The normalized spacial score (nSPS) is 11.8. The second kappa shape index (κ2) is 8.05. The Labute approximate surface area is 188 Å². The number of anilines is 2. The average molecular weight is 476 g/mol. The van der Waals surface area contributed by atoms with Crippen molar-refractivity contribution in [3.63, 3.8) is 0 Å². The van der Waals surface area contributed by atoms with E-state index in [1.54, 1.807) is 30.8 Å². The highest BCUT2D eigenvalue weighted by molar-refractivity contribution is 7.92. The zero-order chi connectivity index (χ0) is 23.2. The number of nitrogen functional groups attached to an aromatic ring is 1. The van der Waals surface area contributed by atoms with Crippen LogP contribution >= 0.6 is 11.6 Å². The number of halogens is 2. The fraction of sp³-hybridized carbons (Fsp3) is 0.143. The van der Waals surface area contributed by atoms with E-state index in [1.807, 2.05) is 0 Å². The third-order valence-corrected chi connectivity index (χ3v) is 6.93. The van der Waals surface area contributed by atoms with Gasteiger partial charge in [0.2, 0.25) is 0 Å². The van der Waals surface area contributed by atoms with E-state index in [0.717, 1.165) is 6.07 Å². The molecule has 11 heteroatoms. The quantitative estimate of drug-likeness (QED) is 0.405. The largest absolute Gasteiger partial charge is 0.392 e. The van der Waals surface area contributed by atoms with Gasteiger partial charge in [0.25, 0.3) is 10.0 Å². The van der Waals surface area contributed by atoms with Gasteiger partial charge in [-0.1, -0.05) is 17.7 Å². The first-order chi connectivity index (χ1) is 15.1. The molecule has 0 spiro atoms. The molecule has 0 aliphatic carbocycles. The van der Waals surface area contributed by atoms with Crippen molar-refractivity contribution < 1.29 is 17.9 Å². The number of benzene rings is 2. The molecule has 0 amide bonds. The highest BCUT2D eigenvalue weighted by atomic mass is 35.5. The summed E-state index contributed by atoms with van der Waals surface area (Å²) in [6.45, 7) is 1.26. The van der Waals surface area contributed by atoms with Crippen LogP contribution in [0.15, 0.2) is 47.8 Å². The van der Waals surface area contributed by atoms with Crippen molar-refractivity contribution in [3.05, 3.63) is 64.8 Å². The fourth-order valence-electron chi connectivity index (χ4n) is 3.59. The van der Waals surface area contributed by atoms with Crippen LogP contribution in [0.25, 0.3) is 22.2 Å². The van der Waals surface area contributed by atoms with Crippen LogP contribution < -0.4 is 10.5 Å². The van der Waals surface area contributed by atoms with E-state index >= 15 is 0 Å². The van der Waals surface area contributed by atoms with Crippen molar-refractivity contribution >= 4 is 44.2 Å². The van der Waals surface area contributed by atoms with Crippen molar-refractivity contribution in [1.29, 1.82) is 0 Å². The molecule has 8 nitrogen and oxygen atoms in total. The molecule has 4 rings (SSSR count). The van der Waals surface area contributed by atoms with Crippen LogP contribution in [0.3, 0.4) is 0 Å². The zero-order valence-electron chi connectivity index (χ0n) is 17.1. The number of hydrogen-bond acceptors (Lipinski definition) is 6. The van der Waals surface area contributed by atoms with Crippen LogP contribution in [-0.4, -0.2) is 28.1 Å². The summed E-state index contributed by atoms with van der Waals surface area (Å²) in [5.41, 5.74) is 8.39. The predicted molar refractivity (Wildman–Crippen MR) is 121 cm³/mol. The summed E-state index contributed by atoms with van der Waals surface area (Å²) in [6.07, 6.45) is 3.05.